The molecule has 4 nitrogen and oxygen atoms in total. The summed E-state index contributed by atoms with van der Waals surface area (Å²) in [5.74, 6) is -0.0498. The molecule has 0 saturated carbocycles. The van der Waals surface area contributed by atoms with Gasteiger partial charge in [0, 0.05) is 11.4 Å². The summed E-state index contributed by atoms with van der Waals surface area (Å²) in [6, 6.07) is 10.0. The first kappa shape index (κ1) is 18.2. The SMILES string of the molecule is O=C(CSc1nn(-c2ccc(F)cc2)c(=S)s1)NCCc1cccs1. The number of carbonyl (C=O) groups excluding carboxylic acids is 1. The number of hydrogen-bond acceptors (Lipinski definition) is 6. The molecule has 2 aromatic heterocycles. The Morgan fingerprint density at radius 2 is 2.12 bits per heavy atom. The van der Waals surface area contributed by atoms with Gasteiger partial charge in [0.15, 0.2) is 8.29 Å². The molecule has 1 N–H and O–H groups in total. The standard InChI is InChI=1S/C16H14FN3OS4/c17-11-3-5-12(6-4-11)20-16(22)25-15(19-20)24-10-14(21)18-8-7-13-2-1-9-23-13/h1-6,9H,7-8,10H2,(H,18,21). The van der Waals surface area contributed by atoms with Gasteiger partial charge in [0.1, 0.15) is 5.82 Å². The molecule has 0 unspecified atom stereocenters. The highest BCUT2D eigenvalue weighted by Crippen LogP contribution is 2.24. The molecular weight excluding hydrogens is 397 g/mol. The fourth-order valence-electron chi connectivity index (χ4n) is 2.02. The van der Waals surface area contributed by atoms with Crippen LogP contribution in [0, 0.1) is 9.77 Å². The zero-order valence-corrected chi connectivity index (χ0v) is 16.2. The number of benzene rings is 1. The van der Waals surface area contributed by atoms with E-state index in [0.29, 0.717) is 20.5 Å². The Labute approximate surface area is 161 Å². The summed E-state index contributed by atoms with van der Waals surface area (Å²) in [7, 11) is 0. The highest BCUT2D eigenvalue weighted by molar-refractivity contribution is 8.01. The van der Waals surface area contributed by atoms with Crippen LogP contribution in [0.4, 0.5) is 4.39 Å². The van der Waals surface area contributed by atoms with E-state index >= 15 is 0 Å². The number of nitrogens with zero attached hydrogens (tertiary/aromatic N) is 2. The summed E-state index contributed by atoms with van der Waals surface area (Å²) >= 11 is 9.66. The van der Waals surface area contributed by atoms with Crippen LogP contribution in [0.5, 0.6) is 0 Å². The van der Waals surface area contributed by atoms with Crippen molar-refractivity contribution in [3.8, 4) is 5.69 Å². The van der Waals surface area contributed by atoms with Crippen molar-refractivity contribution in [2.75, 3.05) is 12.3 Å². The molecular formula is C16H14FN3OS4. The second-order valence-electron chi connectivity index (χ2n) is 4.99. The number of halogens is 1. The minimum Gasteiger partial charge on any atom is -0.355 e. The molecule has 2 heterocycles. The van der Waals surface area contributed by atoms with E-state index in [9.17, 15) is 9.18 Å². The average Bonchev–Trinajstić information content (AvgIpc) is 3.23. The van der Waals surface area contributed by atoms with Crippen molar-refractivity contribution >= 4 is 52.6 Å². The van der Waals surface area contributed by atoms with E-state index in [1.165, 1.54) is 40.1 Å². The predicted molar refractivity (Wildman–Crippen MR) is 104 cm³/mol. The summed E-state index contributed by atoms with van der Waals surface area (Å²) in [5, 5.41) is 9.32. The number of hydrogen-bond donors (Lipinski definition) is 1. The van der Waals surface area contributed by atoms with Crippen LogP contribution < -0.4 is 5.32 Å². The summed E-state index contributed by atoms with van der Waals surface area (Å²) in [6.07, 6.45) is 0.839. The van der Waals surface area contributed by atoms with E-state index in [1.807, 2.05) is 11.4 Å². The summed E-state index contributed by atoms with van der Waals surface area (Å²) in [5.41, 5.74) is 0.704. The van der Waals surface area contributed by atoms with E-state index < -0.39 is 0 Å². The lowest BCUT2D eigenvalue weighted by Crippen LogP contribution is -2.27. The zero-order chi connectivity index (χ0) is 17.6. The maximum atomic E-state index is 13.0. The quantitative estimate of drug-likeness (QED) is 0.465. The van der Waals surface area contributed by atoms with Crippen LogP contribution >= 0.6 is 46.7 Å². The van der Waals surface area contributed by atoms with Crippen LogP contribution in [-0.4, -0.2) is 28.0 Å². The van der Waals surface area contributed by atoms with E-state index in [2.05, 4.69) is 16.5 Å². The monoisotopic (exact) mass is 411 g/mol. The fourth-order valence-corrected chi connectivity index (χ4v) is 4.92. The number of thioether (sulfide) groups is 1. The van der Waals surface area contributed by atoms with Gasteiger partial charge in [-0.15, -0.1) is 16.4 Å². The van der Waals surface area contributed by atoms with Gasteiger partial charge >= 0.3 is 0 Å². The Kier molecular flexibility index (Phi) is 6.35. The van der Waals surface area contributed by atoms with Crippen LogP contribution in [-0.2, 0) is 11.2 Å². The van der Waals surface area contributed by atoms with E-state index in [0.717, 1.165) is 6.42 Å². The Bertz CT molecular complexity index is 887. The molecule has 0 aliphatic carbocycles. The topological polar surface area (TPSA) is 46.9 Å². The summed E-state index contributed by atoms with van der Waals surface area (Å²) in [4.78, 5) is 13.2. The second-order valence-corrected chi connectivity index (χ2v) is 8.87. The highest BCUT2D eigenvalue weighted by Gasteiger charge is 2.09. The maximum Gasteiger partial charge on any atom is 0.230 e. The molecule has 0 atom stereocenters. The molecule has 1 amide bonds. The summed E-state index contributed by atoms with van der Waals surface area (Å²) < 4.78 is 15.9. The third-order valence-corrected chi connectivity index (χ3v) is 6.50. The van der Waals surface area contributed by atoms with Crippen molar-refractivity contribution in [2.45, 2.75) is 10.8 Å². The third kappa shape index (κ3) is 5.21. The van der Waals surface area contributed by atoms with E-state index in [4.69, 9.17) is 12.2 Å². The van der Waals surface area contributed by atoms with Crippen LogP contribution in [0.2, 0.25) is 0 Å². The number of aromatic nitrogens is 2. The van der Waals surface area contributed by atoms with Gasteiger partial charge in [0.2, 0.25) is 5.91 Å². The van der Waals surface area contributed by atoms with Gasteiger partial charge in [0.05, 0.1) is 11.4 Å². The Balaban J connectivity index is 1.51. The average molecular weight is 412 g/mol. The lowest BCUT2D eigenvalue weighted by Gasteiger charge is -2.03. The van der Waals surface area contributed by atoms with E-state index in [1.54, 1.807) is 28.2 Å². The van der Waals surface area contributed by atoms with Gasteiger partial charge in [-0.25, -0.2) is 9.07 Å². The van der Waals surface area contributed by atoms with Crippen molar-refractivity contribution in [2.24, 2.45) is 0 Å². The van der Waals surface area contributed by atoms with Crippen LogP contribution in [0.1, 0.15) is 4.88 Å². The van der Waals surface area contributed by atoms with Gasteiger partial charge in [-0.3, -0.25) is 4.79 Å². The normalized spacial score (nSPS) is 10.8. The molecule has 0 saturated heterocycles. The fraction of sp³-hybridized carbons (Fsp3) is 0.188. The number of thiophene rings is 1. The van der Waals surface area contributed by atoms with E-state index in [-0.39, 0.29) is 17.5 Å². The Morgan fingerprint density at radius 3 is 2.84 bits per heavy atom. The van der Waals surface area contributed by atoms with Crippen LogP contribution in [0.25, 0.3) is 5.69 Å². The minimum atomic E-state index is -0.306. The molecule has 0 aliphatic rings. The molecule has 1 aromatic carbocycles. The van der Waals surface area contributed by atoms with Crippen LogP contribution in [0.3, 0.4) is 0 Å². The van der Waals surface area contributed by atoms with Gasteiger partial charge in [0.25, 0.3) is 0 Å². The number of rotatable bonds is 7. The molecule has 0 radical (unpaired) electrons. The highest BCUT2D eigenvalue weighted by atomic mass is 32.2. The first-order valence-corrected chi connectivity index (χ1v) is 10.5. The number of carbonyl (C=O) groups is 1. The first-order valence-electron chi connectivity index (χ1n) is 7.40. The number of nitrogens with one attached hydrogen (secondary N) is 1. The second kappa shape index (κ2) is 8.70. The van der Waals surface area contributed by atoms with Gasteiger partial charge in [-0.05, 0) is 54.4 Å². The van der Waals surface area contributed by atoms with Gasteiger partial charge in [-0.1, -0.05) is 29.2 Å². The third-order valence-electron chi connectivity index (χ3n) is 3.20. The Hall–Kier alpha value is -1.55. The zero-order valence-electron chi connectivity index (χ0n) is 13.0. The lowest BCUT2D eigenvalue weighted by atomic mass is 10.3. The molecule has 3 aromatic rings. The predicted octanol–water partition coefficient (Wildman–Crippen LogP) is 4.31. The van der Waals surface area contributed by atoms with Crippen molar-refractivity contribution in [1.82, 2.24) is 15.1 Å². The number of amides is 1. The Morgan fingerprint density at radius 1 is 1.32 bits per heavy atom. The largest absolute Gasteiger partial charge is 0.355 e. The molecule has 0 fully saturated rings. The van der Waals surface area contributed by atoms with Crippen LogP contribution in [0.15, 0.2) is 46.1 Å². The maximum absolute atomic E-state index is 13.0. The molecule has 3 rings (SSSR count). The van der Waals surface area contributed by atoms with Gasteiger partial charge < -0.3 is 5.32 Å². The first-order chi connectivity index (χ1) is 12.1. The molecule has 0 aliphatic heterocycles. The van der Waals surface area contributed by atoms with Crippen molar-refractivity contribution in [1.29, 1.82) is 0 Å². The molecule has 130 valence electrons. The van der Waals surface area contributed by atoms with Crippen molar-refractivity contribution in [3.63, 3.8) is 0 Å². The summed E-state index contributed by atoms with van der Waals surface area (Å²) in [6.45, 7) is 0.625. The minimum absolute atomic E-state index is 0.0315. The van der Waals surface area contributed by atoms with Crippen molar-refractivity contribution in [3.05, 3.63) is 56.4 Å². The van der Waals surface area contributed by atoms with Crippen molar-refractivity contribution < 1.29 is 9.18 Å². The molecule has 0 spiro atoms. The molecule has 0 bridgehead atoms. The molecule has 9 heteroatoms. The van der Waals surface area contributed by atoms with Gasteiger partial charge in [-0.2, -0.15) is 0 Å². The smallest absolute Gasteiger partial charge is 0.230 e. The lowest BCUT2D eigenvalue weighted by molar-refractivity contribution is -0.118. The molecule has 25 heavy (non-hydrogen) atoms.